The van der Waals surface area contributed by atoms with Gasteiger partial charge in [0.25, 0.3) is 0 Å². The van der Waals surface area contributed by atoms with Crippen LogP contribution in [0.4, 0.5) is 0 Å². The molecule has 0 heterocycles. The molecule has 1 rings (SSSR count). The molecular weight excluding hydrogens is 222 g/mol. The summed E-state index contributed by atoms with van der Waals surface area (Å²) in [6, 6.07) is 8.78. The van der Waals surface area contributed by atoms with Gasteiger partial charge in [0.2, 0.25) is 5.91 Å². The van der Waals surface area contributed by atoms with E-state index in [0.29, 0.717) is 12.3 Å². The van der Waals surface area contributed by atoms with E-state index in [1.165, 1.54) is 11.1 Å². The first-order valence-corrected chi connectivity index (χ1v) is 6.90. The largest absolute Gasteiger partial charge is 0.353 e. The Morgan fingerprint density at radius 3 is 2.17 bits per heavy atom. The van der Waals surface area contributed by atoms with Gasteiger partial charge in [-0.1, -0.05) is 45.0 Å². The van der Waals surface area contributed by atoms with E-state index in [-0.39, 0.29) is 11.9 Å². The summed E-state index contributed by atoms with van der Waals surface area (Å²) in [6.45, 7) is 8.44. The summed E-state index contributed by atoms with van der Waals surface area (Å²) in [6.07, 6.45) is 2.45. The van der Waals surface area contributed by atoms with E-state index in [9.17, 15) is 4.79 Å². The van der Waals surface area contributed by atoms with Crippen LogP contribution in [0.2, 0.25) is 0 Å². The van der Waals surface area contributed by atoms with E-state index in [1.807, 2.05) is 0 Å². The Kier molecular flexibility index (Phi) is 5.90. The van der Waals surface area contributed by atoms with Gasteiger partial charge in [0, 0.05) is 12.5 Å². The van der Waals surface area contributed by atoms with Crippen molar-refractivity contribution < 1.29 is 4.79 Å². The second kappa shape index (κ2) is 7.20. The summed E-state index contributed by atoms with van der Waals surface area (Å²) < 4.78 is 0. The highest BCUT2D eigenvalue weighted by Crippen LogP contribution is 2.08. The molecule has 1 amide bonds. The fourth-order valence-corrected chi connectivity index (χ4v) is 1.69. The van der Waals surface area contributed by atoms with Crippen molar-refractivity contribution >= 4 is 5.91 Å². The highest BCUT2D eigenvalue weighted by molar-refractivity contribution is 5.76. The highest BCUT2D eigenvalue weighted by atomic mass is 16.1. The molecule has 0 saturated carbocycles. The van der Waals surface area contributed by atoms with E-state index in [4.69, 9.17) is 0 Å². The van der Waals surface area contributed by atoms with Crippen molar-refractivity contribution in [2.24, 2.45) is 5.92 Å². The topological polar surface area (TPSA) is 29.1 Å². The fraction of sp³-hybridized carbons (Fsp3) is 0.562. The van der Waals surface area contributed by atoms with Crippen molar-refractivity contribution in [2.45, 2.75) is 53.0 Å². The van der Waals surface area contributed by atoms with Gasteiger partial charge in [-0.05, 0) is 36.8 Å². The number of benzene rings is 1. The molecule has 2 nitrogen and oxygen atoms in total. The summed E-state index contributed by atoms with van der Waals surface area (Å²) >= 11 is 0. The maximum absolute atomic E-state index is 11.7. The molecule has 0 saturated heterocycles. The third kappa shape index (κ3) is 4.91. The third-order valence-electron chi connectivity index (χ3n) is 3.46. The minimum Gasteiger partial charge on any atom is -0.353 e. The third-order valence-corrected chi connectivity index (χ3v) is 3.46. The first kappa shape index (κ1) is 14.7. The summed E-state index contributed by atoms with van der Waals surface area (Å²) in [5, 5.41) is 3.03. The Labute approximate surface area is 111 Å². The molecule has 0 aliphatic carbocycles. The van der Waals surface area contributed by atoms with Crippen LogP contribution in [-0.4, -0.2) is 11.9 Å². The number of nitrogens with one attached hydrogen (secondary N) is 1. The molecule has 1 aromatic carbocycles. The molecule has 1 N–H and O–H groups in total. The second-order valence-electron chi connectivity index (χ2n) is 5.27. The van der Waals surface area contributed by atoms with E-state index in [0.717, 1.165) is 12.8 Å². The molecular formula is C16H25NO. The van der Waals surface area contributed by atoms with Gasteiger partial charge >= 0.3 is 0 Å². The number of hydrogen-bond acceptors (Lipinski definition) is 1. The van der Waals surface area contributed by atoms with Crippen LogP contribution >= 0.6 is 0 Å². The number of rotatable bonds is 6. The van der Waals surface area contributed by atoms with Gasteiger partial charge in [-0.25, -0.2) is 0 Å². The molecule has 0 aromatic heterocycles. The van der Waals surface area contributed by atoms with E-state index >= 15 is 0 Å². The van der Waals surface area contributed by atoms with Crippen molar-refractivity contribution in [2.75, 3.05) is 0 Å². The van der Waals surface area contributed by atoms with Crippen LogP contribution in [0, 0.1) is 5.92 Å². The lowest BCUT2D eigenvalue weighted by Crippen LogP contribution is -2.36. The normalized spacial score (nSPS) is 12.5. The molecule has 100 valence electrons. The molecule has 0 radical (unpaired) electrons. The van der Waals surface area contributed by atoms with Crippen LogP contribution in [-0.2, 0) is 17.6 Å². The number of hydrogen-bond donors (Lipinski definition) is 1. The van der Waals surface area contributed by atoms with Gasteiger partial charge in [-0.15, -0.1) is 0 Å². The smallest absolute Gasteiger partial charge is 0.220 e. The first-order chi connectivity index (χ1) is 8.52. The standard InChI is InChI=1S/C16H25NO/c1-5-14-6-8-15(9-7-14)10-11-16(18)17-13(4)12(2)3/h6-9,12-13H,5,10-11H2,1-4H3,(H,17,18)/t13-/m1/s1. The molecule has 0 aliphatic rings. The van der Waals surface area contributed by atoms with E-state index in [2.05, 4.69) is 57.3 Å². The Balaban J connectivity index is 2.37. The summed E-state index contributed by atoms with van der Waals surface area (Å²) in [5.41, 5.74) is 2.58. The SMILES string of the molecule is CCc1ccc(CCC(=O)N[C@H](C)C(C)C)cc1. The number of amides is 1. The van der Waals surface area contributed by atoms with Crippen molar-refractivity contribution in [3.63, 3.8) is 0 Å². The zero-order valence-electron chi connectivity index (χ0n) is 12.0. The molecule has 1 atom stereocenters. The first-order valence-electron chi connectivity index (χ1n) is 6.90. The summed E-state index contributed by atoms with van der Waals surface area (Å²) in [7, 11) is 0. The molecule has 0 spiro atoms. The van der Waals surface area contributed by atoms with Crippen LogP contribution in [0.25, 0.3) is 0 Å². The van der Waals surface area contributed by atoms with Gasteiger partial charge in [0.1, 0.15) is 0 Å². The zero-order valence-corrected chi connectivity index (χ0v) is 12.0. The monoisotopic (exact) mass is 247 g/mol. The van der Waals surface area contributed by atoms with Crippen LogP contribution in [0.1, 0.15) is 45.2 Å². The van der Waals surface area contributed by atoms with Gasteiger partial charge in [-0.3, -0.25) is 4.79 Å². The van der Waals surface area contributed by atoms with Crippen molar-refractivity contribution in [3.8, 4) is 0 Å². The summed E-state index contributed by atoms with van der Waals surface area (Å²) in [4.78, 5) is 11.7. The Hall–Kier alpha value is -1.31. The lowest BCUT2D eigenvalue weighted by Gasteiger charge is -2.17. The Morgan fingerprint density at radius 2 is 1.67 bits per heavy atom. The maximum atomic E-state index is 11.7. The van der Waals surface area contributed by atoms with Gasteiger partial charge in [0.15, 0.2) is 0 Å². The second-order valence-corrected chi connectivity index (χ2v) is 5.27. The average molecular weight is 247 g/mol. The van der Waals surface area contributed by atoms with Crippen molar-refractivity contribution in [1.82, 2.24) is 5.32 Å². The zero-order chi connectivity index (χ0) is 13.5. The van der Waals surface area contributed by atoms with Crippen LogP contribution < -0.4 is 5.32 Å². The van der Waals surface area contributed by atoms with Crippen LogP contribution in [0.3, 0.4) is 0 Å². The number of carbonyl (C=O) groups excluding carboxylic acids is 1. The molecule has 18 heavy (non-hydrogen) atoms. The molecule has 0 aliphatic heterocycles. The van der Waals surface area contributed by atoms with Crippen molar-refractivity contribution in [1.29, 1.82) is 0 Å². The predicted octanol–water partition coefficient (Wildman–Crippen LogP) is 3.34. The maximum Gasteiger partial charge on any atom is 0.220 e. The Morgan fingerprint density at radius 1 is 1.11 bits per heavy atom. The predicted molar refractivity (Wildman–Crippen MR) is 76.6 cm³/mol. The molecule has 0 unspecified atom stereocenters. The van der Waals surface area contributed by atoms with E-state index < -0.39 is 0 Å². The lowest BCUT2D eigenvalue weighted by atomic mass is 10.0. The quantitative estimate of drug-likeness (QED) is 0.820. The number of aryl methyl sites for hydroxylation is 2. The molecule has 0 fully saturated rings. The molecule has 1 aromatic rings. The fourth-order valence-electron chi connectivity index (χ4n) is 1.69. The number of carbonyl (C=O) groups is 1. The van der Waals surface area contributed by atoms with Gasteiger partial charge < -0.3 is 5.32 Å². The van der Waals surface area contributed by atoms with Crippen LogP contribution in [0.5, 0.6) is 0 Å². The highest BCUT2D eigenvalue weighted by Gasteiger charge is 2.10. The minimum atomic E-state index is 0.149. The molecule has 0 bridgehead atoms. The van der Waals surface area contributed by atoms with Gasteiger partial charge in [0.05, 0.1) is 0 Å². The van der Waals surface area contributed by atoms with Gasteiger partial charge in [-0.2, -0.15) is 0 Å². The van der Waals surface area contributed by atoms with E-state index in [1.54, 1.807) is 0 Å². The van der Waals surface area contributed by atoms with Crippen LogP contribution in [0.15, 0.2) is 24.3 Å². The lowest BCUT2D eigenvalue weighted by molar-refractivity contribution is -0.121. The minimum absolute atomic E-state index is 0.149. The average Bonchev–Trinajstić information content (AvgIpc) is 2.36. The Bertz CT molecular complexity index is 367. The molecule has 2 heteroatoms. The van der Waals surface area contributed by atoms with Crippen molar-refractivity contribution in [3.05, 3.63) is 35.4 Å². The summed E-state index contributed by atoms with van der Waals surface area (Å²) in [5.74, 6) is 0.633.